The Balaban J connectivity index is 1.31. The van der Waals surface area contributed by atoms with Crippen LogP contribution in [0, 0.1) is 0 Å². The molecule has 0 fully saturated rings. The van der Waals surface area contributed by atoms with Crippen molar-refractivity contribution in [1.29, 1.82) is 0 Å². The van der Waals surface area contributed by atoms with E-state index < -0.39 is 11.9 Å². The first-order valence-corrected chi connectivity index (χ1v) is 10.1. The van der Waals surface area contributed by atoms with E-state index in [1.54, 1.807) is 11.8 Å². The van der Waals surface area contributed by atoms with Crippen LogP contribution in [-0.2, 0) is 6.18 Å². The maximum atomic E-state index is 12.8. The fraction of sp³-hybridized carbons (Fsp3) is 0.136. The van der Waals surface area contributed by atoms with Crippen molar-refractivity contribution in [1.82, 2.24) is 10.3 Å². The molecule has 1 unspecified atom stereocenters. The van der Waals surface area contributed by atoms with Gasteiger partial charge >= 0.3 is 6.18 Å². The lowest BCUT2D eigenvalue weighted by Gasteiger charge is -2.13. The Hall–Kier alpha value is -3.13. The Morgan fingerprint density at radius 2 is 1.73 bits per heavy atom. The van der Waals surface area contributed by atoms with E-state index in [9.17, 15) is 13.2 Å². The van der Waals surface area contributed by atoms with Crippen molar-refractivity contribution in [3.05, 3.63) is 95.3 Å². The van der Waals surface area contributed by atoms with Crippen molar-refractivity contribution in [2.45, 2.75) is 11.6 Å². The van der Waals surface area contributed by atoms with Crippen molar-refractivity contribution in [2.24, 2.45) is 0 Å². The van der Waals surface area contributed by atoms with Gasteiger partial charge in [0, 0.05) is 29.5 Å². The lowest BCUT2D eigenvalue weighted by atomic mass is 10.2. The third kappa shape index (κ3) is 5.07. The average molecular weight is 429 g/mol. The van der Waals surface area contributed by atoms with E-state index in [0.29, 0.717) is 12.2 Å². The van der Waals surface area contributed by atoms with E-state index >= 15 is 0 Å². The average Bonchev–Trinajstić information content (AvgIpc) is 3.22. The number of alkyl halides is 3. The second-order valence-corrected chi connectivity index (χ2v) is 7.77. The third-order valence-corrected chi connectivity index (χ3v) is 5.55. The highest BCUT2D eigenvalue weighted by atomic mass is 32.2. The molecule has 0 saturated carbocycles. The number of para-hydroxylation sites is 1. The van der Waals surface area contributed by atoms with Crippen molar-refractivity contribution in [3.63, 3.8) is 0 Å². The molecule has 0 saturated heterocycles. The van der Waals surface area contributed by atoms with Gasteiger partial charge in [-0.1, -0.05) is 42.1 Å². The van der Waals surface area contributed by atoms with E-state index in [0.717, 1.165) is 34.2 Å². The molecular formula is C22H18F3N3OS. The first-order valence-electron chi connectivity index (χ1n) is 9.19. The number of thioether (sulfide) groups is 1. The van der Waals surface area contributed by atoms with Crippen LogP contribution in [0.15, 0.2) is 84.0 Å². The lowest BCUT2D eigenvalue weighted by molar-refractivity contribution is -0.141. The van der Waals surface area contributed by atoms with Crippen LogP contribution in [0.1, 0.15) is 16.6 Å². The molecule has 8 heteroatoms. The highest BCUT2D eigenvalue weighted by Crippen LogP contribution is 2.38. The predicted octanol–water partition coefficient (Wildman–Crippen LogP) is 6.18. The molecule has 2 heterocycles. The monoisotopic (exact) mass is 429 g/mol. The molecule has 1 atom stereocenters. The molecule has 2 aromatic carbocycles. The summed E-state index contributed by atoms with van der Waals surface area (Å²) >= 11 is 1.61. The van der Waals surface area contributed by atoms with Gasteiger partial charge in [-0.25, -0.2) is 0 Å². The lowest BCUT2D eigenvalue weighted by Crippen LogP contribution is -2.09. The van der Waals surface area contributed by atoms with Crippen LogP contribution in [-0.4, -0.2) is 11.5 Å². The van der Waals surface area contributed by atoms with E-state index in [4.69, 9.17) is 4.74 Å². The molecule has 1 aromatic heterocycles. The Bertz CT molecular complexity index is 1020. The van der Waals surface area contributed by atoms with Gasteiger partial charge in [-0.15, -0.1) is 0 Å². The highest BCUT2D eigenvalue weighted by Gasteiger charge is 2.32. The minimum atomic E-state index is -4.46. The quantitative estimate of drug-likeness (QED) is 0.490. The number of ether oxygens (including phenoxy) is 1. The Labute approximate surface area is 176 Å². The number of rotatable bonds is 6. The number of hydrogen-bond donors (Lipinski definition) is 2. The second-order valence-electron chi connectivity index (χ2n) is 6.54. The number of aromatic nitrogens is 1. The Morgan fingerprint density at radius 3 is 2.47 bits per heavy atom. The Kier molecular flexibility index (Phi) is 5.85. The number of hydrogen-bond acceptors (Lipinski definition) is 5. The fourth-order valence-electron chi connectivity index (χ4n) is 2.86. The summed E-state index contributed by atoms with van der Waals surface area (Å²) in [5, 5.41) is 6.35. The SMILES string of the molecule is FC(F)(F)c1cc(NCC2=CNC(c3ccc(Oc4ccccc4)cc3)S2)ccn1. The summed E-state index contributed by atoms with van der Waals surface area (Å²) in [4.78, 5) is 4.36. The van der Waals surface area contributed by atoms with Crippen LogP contribution < -0.4 is 15.4 Å². The summed E-state index contributed by atoms with van der Waals surface area (Å²) in [6, 6.07) is 19.9. The summed E-state index contributed by atoms with van der Waals surface area (Å²) in [6.07, 6.45) is -1.42. The van der Waals surface area contributed by atoms with Crippen LogP contribution in [0.25, 0.3) is 0 Å². The number of pyridine rings is 1. The number of halogens is 3. The van der Waals surface area contributed by atoms with Crippen molar-refractivity contribution in [2.75, 3.05) is 11.9 Å². The number of nitrogens with zero attached hydrogens (tertiary/aromatic N) is 1. The summed E-state index contributed by atoms with van der Waals surface area (Å²) in [6.45, 7) is 0.421. The molecule has 4 nitrogen and oxygen atoms in total. The number of anilines is 1. The molecular weight excluding hydrogens is 411 g/mol. The van der Waals surface area contributed by atoms with Gasteiger partial charge in [-0.2, -0.15) is 13.2 Å². The first-order chi connectivity index (χ1) is 14.5. The number of nitrogens with one attached hydrogen (secondary N) is 2. The van der Waals surface area contributed by atoms with Crippen molar-refractivity contribution >= 4 is 17.4 Å². The maximum absolute atomic E-state index is 12.8. The molecule has 3 aromatic rings. The third-order valence-electron chi connectivity index (χ3n) is 4.34. The van der Waals surface area contributed by atoms with Gasteiger partial charge < -0.3 is 15.4 Å². The highest BCUT2D eigenvalue weighted by molar-refractivity contribution is 8.03. The molecule has 0 bridgehead atoms. The van der Waals surface area contributed by atoms with Crippen LogP contribution in [0.3, 0.4) is 0 Å². The van der Waals surface area contributed by atoms with E-state index in [-0.39, 0.29) is 5.37 Å². The molecule has 1 aliphatic rings. The smallest absolute Gasteiger partial charge is 0.433 e. The largest absolute Gasteiger partial charge is 0.457 e. The van der Waals surface area contributed by atoms with E-state index in [2.05, 4.69) is 15.6 Å². The zero-order chi connectivity index (χ0) is 21.0. The zero-order valence-electron chi connectivity index (χ0n) is 15.7. The minimum absolute atomic E-state index is 0.0377. The Morgan fingerprint density at radius 1 is 1.00 bits per heavy atom. The number of benzene rings is 2. The second kappa shape index (κ2) is 8.71. The first kappa shape index (κ1) is 20.2. The normalized spacial score (nSPS) is 16.0. The summed E-state index contributed by atoms with van der Waals surface area (Å²) in [7, 11) is 0. The summed E-state index contributed by atoms with van der Waals surface area (Å²) in [5.74, 6) is 1.53. The van der Waals surface area contributed by atoms with Gasteiger partial charge in [-0.05, 0) is 42.0 Å². The molecule has 0 aliphatic carbocycles. The maximum Gasteiger partial charge on any atom is 0.433 e. The van der Waals surface area contributed by atoms with Crippen LogP contribution in [0.5, 0.6) is 11.5 Å². The fourth-order valence-corrected chi connectivity index (χ4v) is 3.89. The van der Waals surface area contributed by atoms with Crippen LogP contribution in [0.2, 0.25) is 0 Å². The van der Waals surface area contributed by atoms with Crippen molar-refractivity contribution in [3.8, 4) is 11.5 Å². The molecule has 1 aliphatic heterocycles. The van der Waals surface area contributed by atoms with Gasteiger partial charge in [0.1, 0.15) is 22.6 Å². The van der Waals surface area contributed by atoms with Gasteiger partial charge in [0.2, 0.25) is 0 Å². The molecule has 0 amide bonds. The zero-order valence-corrected chi connectivity index (χ0v) is 16.5. The molecule has 30 heavy (non-hydrogen) atoms. The molecule has 2 N–H and O–H groups in total. The molecule has 154 valence electrons. The van der Waals surface area contributed by atoms with E-state index in [1.807, 2.05) is 60.8 Å². The van der Waals surface area contributed by atoms with Gasteiger partial charge in [0.15, 0.2) is 0 Å². The predicted molar refractivity (Wildman–Crippen MR) is 112 cm³/mol. The molecule has 0 radical (unpaired) electrons. The molecule has 4 rings (SSSR count). The molecule has 0 spiro atoms. The van der Waals surface area contributed by atoms with Gasteiger partial charge in [0.25, 0.3) is 0 Å². The van der Waals surface area contributed by atoms with E-state index in [1.165, 1.54) is 6.07 Å². The topological polar surface area (TPSA) is 46.2 Å². The summed E-state index contributed by atoms with van der Waals surface area (Å²) < 4.78 is 44.1. The minimum Gasteiger partial charge on any atom is -0.457 e. The van der Waals surface area contributed by atoms with Crippen LogP contribution in [0.4, 0.5) is 18.9 Å². The van der Waals surface area contributed by atoms with Gasteiger partial charge in [-0.3, -0.25) is 4.98 Å². The summed E-state index contributed by atoms with van der Waals surface area (Å²) in [5.41, 5.74) is 0.550. The standard InChI is InChI=1S/C22H18F3N3OS/c23-22(24,25)20-12-16(10-11-26-20)27-13-19-14-28-21(30-19)15-6-8-18(9-7-15)29-17-4-2-1-3-5-17/h1-12,14,21,28H,13H2,(H,26,27). The van der Waals surface area contributed by atoms with Gasteiger partial charge in [0.05, 0.1) is 0 Å². The van der Waals surface area contributed by atoms with Crippen molar-refractivity contribution < 1.29 is 17.9 Å². The van der Waals surface area contributed by atoms with Crippen LogP contribution >= 0.6 is 11.8 Å².